The molecule has 1 aromatic heterocycles. The Kier molecular flexibility index (Phi) is 3.03. The summed E-state index contributed by atoms with van der Waals surface area (Å²) < 4.78 is 5.41. The summed E-state index contributed by atoms with van der Waals surface area (Å²) in [6.45, 7) is 0. The van der Waals surface area contributed by atoms with Gasteiger partial charge in [-0.25, -0.2) is 0 Å². The van der Waals surface area contributed by atoms with Gasteiger partial charge < -0.3 is 10.1 Å². The third-order valence-electron chi connectivity index (χ3n) is 2.63. The predicted molar refractivity (Wildman–Crippen MR) is 63.3 cm³/mol. The number of hydrogen-bond donors (Lipinski definition) is 2. The monoisotopic (exact) mass is 217 g/mol. The van der Waals surface area contributed by atoms with Crippen molar-refractivity contribution in [3.05, 3.63) is 48.4 Å². The molecule has 1 aromatic rings. The fourth-order valence-corrected chi connectivity index (χ4v) is 1.65. The molecule has 0 aliphatic carbocycles. The number of dihydropyridines is 1. The van der Waals surface area contributed by atoms with Crippen LogP contribution in [0.15, 0.2) is 42.9 Å². The molecule has 1 aliphatic rings. The SMILES string of the molecule is CNC1(OC)C=C(c2ccncc2)C=CN1. The molecule has 0 saturated heterocycles. The third-order valence-corrected chi connectivity index (χ3v) is 2.63. The highest BCUT2D eigenvalue weighted by molar-refractivity contribution is 5.75. The fraction of sp³-hybridized carbons (Fsp3) is 0.250. The summed E-state index contributed by atoms with van der Waals surface area (Å²) in [6, 6.07) is 3.94. The van der Waals surface area contributed by atoms with Gasteiger partial charge in [-0.05, 0) is 42.5 Å². The van der Waals surface area contributed by atoms with Crippen LogP contribution in [0.4, 0.5) is 0 Å². The van der Waals surface area contributed by atoms with Gasteiger partial charge in [0.25, 0.3) is 0 Å². The largest absolute Gasteiger partial charge is 0.348 e. The lowest BCUT2D eigenvalue weighted by Crippen LogP contribution is -2.54. The molecule has 2 N–H and O–H groups in total. The summed E-state index contributed by atoms with van der Waals surface area (Å²) in [5.41, 5.74) is 2.21. The van der Waals surface area contributed by atoms with Crippen LogP contribution in [0.25, 0.3) is 5.57 Å². The van der Waals surface area contributed by atoms with Crippen molar-refractivity contribution >= 4 is 5.57 Å². The van der Waals surface area contributed by atoms with Crippen LogP contribution in [0.3, 0.4) is 0 Å². The molecule has 16 heavy (non-hydrogen) atoms. The number of nitrogens with zero attached hydrogens (tertiary/aromatic N) is 1. The van der Waals surface area contributed by atoms with Crippen molar-refractivity contribution in [3.63, 3.8) is 0 Å². The molecule has 1 aliphatic heterocycles. The van der Waals surface area contributed by atoms with E-state index in [9.17, 15) is 0 Å². The van der Waals surface area contributed by atoms with E-state index in [4.69, 9.17) is 4.74 Å². The van der Waals surface area contributed by atoms with Crippen LogP contribution in [0.1, 0.15) is 5.56 Å². The average molecular weight is 217 g/mol. The average Bonchev–Trinajstić information content (AvgIpc) is 2.40. The molecular formula is C12H15N3O. The second kappa shape index (κ2) is 4.47. The number of rotatable bonds is 3. The van der Waals surface area contributed by atoms with Gasteiger partial charge in [-0.3, -0.25) is 10.3 Å². The molecule has 0 radical (unpaired) electrons. The van der Waals surface area contributed by atoms with E-state index in [1.54, 1.807) is 19.5 Å². The van der Waals surface area contributed by atoms with Crippen molar-refractivity contribution in [1.29, 1.82) is 0 Å². The summed E-state index contributed by atoms with van der Waals surface area (Å²) in [5, 5.41) is 6.22. The molecule has 1 atom stereocenters. The summed E-state index contributed by atoms with van der Waals surface area (Å²) in [5.74, 6) is -0.632. The van der Waals surface area contributed by atoms with Crippen molar-refractivity contribution in [2.24, 2.45) is 0 Å². The van der Waals surface area contributed by atoms with Gasteiger partial charge in [0.15, 0.2) is 0 Å². The van der Waals surface area contributed by atoms with E-state index in [0.29, 0.717) is 0 Å². The molecule has 0 bridgehead atoms. The molecule has 2 heterocycles. The molecule has 0 fully saturated rings. The smallest absolute Gasteiger partial charge is 0.215 e. The van der Waals surface area contributed by atoms with E-state index in [-0.39, 0.29) is 0 Å². The van der Waals surface area contributed by atoms with Gasteiger partial charge in [-0.1, -0.05) is 0 Å². The van der Waals surface area contributed by atoms with Crippen LogP contribution < -0.4 is 10.6 Å². The molecule has 0 spiro atoms. The standard InChI is InChI=1S/C12H15N3O/c1-13-12(16-2)9-11(5-8-15-12)10-3-6-14-7-4-10/h3-9,13,15H,1-2H3. The summed E-state index contributed by atoms with van der Waals surface area (Å²) in [6.07, 6.45) is 9.43. The highest BCUT2D eigenvalue weighted by atomic mass is 16.5. The lowest BCUT2D eigenvalue weighted by Gasteiger charge is -2.32. The molecule has 2 rings (SSSR count). The minimum atomic E-state index is -0.632. The van der Waals surface area contributed by atoms with Gasteiger partial charge in [0.1, 0.15) is 0 Å². The molecule has 4 heteroatoms. The van der Waals surface area contributed by atoms with Gasteiger partial charge in [-0.15, -0.1) is 0 Å². The number of hydrogen-bond acceptors (Lipinski definition) is 4. The number of nitrogens with one attached hydrogen (secondary N) is 2. The van der Waals surface area contributed by atoms with Crippen molar-refractivity contribution < 1.29 is 4.74 Å². The minimum absolute atomic E-state index is 0.632. The van der Waals surface area contributed by atoms with Crippen molar-refractivity contribution in [2.45, 2.75) is 5.85 Å². The zero-order valence-electron chi connectivity index (χ0n) is 9.40. The van der Waals surface area contributed by atoms with Crippen molar-refractivity contribution in [2.75, 3.05) is 14.2 Å². The number of ether oxygens (including phenoxy) is 1. The second-order valence-electron chi connectivity index (χ2n) is 3.50. The Morgan fingerprint density at radius 1 is 1.38 bits per heavy atom. The first kappa shape index (κ1) is 10.9. The summed E-state index contributed by atoms with van der Waals surface area (Å²) in [4.78, 5) is 4.00. The van der Waals surface area contributed by atoms with E-state index in [2.05, 4.69) is 15.6 Å². The van der Waals surface area contributed by atoms with E-state index in [0.717, 1.165) is 11.1 Å². The second-order valence-corrected chi connectivity index (χ2v) is 3.50. The number of methoxy groups -OCH3 is 1. The molecular weight excluding hydrogens is 202 g/mol. The number of aromatic nitrogens is 1. The van der Waals surface area contributed by atoms with Crippen LogP contribution >= 0.6 is 0 Å². The summed E-state index contributed by atoms with van der Waals surface area (Å²) in [7, 11) is 3.50. The van der Waals surface area contributed by atoms with E-state index in [1.807, 2.05) is 37.5 Å². The number of likely N-dealkylation sites (N-methyl/N-ethyl adjacent to an activating group) is 1. The van der Waals surface area contributed by atoms with E-state index >= 15 is 0 Å². The quantitative estimate of drug-likeness (QED) is 0.744. The normalized spacial score (nSPS) is 23.8. The number of allylic oxidation sites excluding steroid dienone is 2. The Bertz CT molecular complexity index is 408. The molecule has 0 aromatic carbocycles. The van der Waals surface area contributed by atoms with Gasteiger partial charge in [0.05, 0.1) is 0 Å². The van der Waals surface area contributed by atoms with Gasteiger partial charge in [0, 0.05) is 25.7 Å². The first-order chi connectivity index (χ1) is 7.79. The van der Waals surface area contributed by atoms with Crippen molar-refractivity contribution in [3.8, 4) is 0 Å². The van der Waals surface area contributed by atoms with Gasteiger partial charge in [0.2, 0.25) is 5.85 Å². The predicted octanol–water partition coefficient (Wildman–Crippen LogP) is 1.10. The maximum Gasteiger partial charge on any atom is 0.215 e. The first-order valence-electron chi connectivity index (χ1n) is 5.11. The lowest BCUT2D eigenvalue weighted by atomic mass is 10.0. The summed E-state index contributed by atoms with van der Waals surface area (Å²) >= 11 is 0. The first-order valence-corrected chi connectivity index (χ1v) is 5.11. The lowest BCUT2D eigenvalue weighted by molar-refractivity contribution is -0.00920. The topological polar surface area (TPSA) is 46.2 Å². The number of pyridine rings is 1. The van der Waals surface area contributed by atoms with Crippen molar-refractivity contribution in [1.82, 2.24) is 15.6 Å². The molecule has 84 valence electrons. The Hall–Kier alpha value is -1.65. The minimum Gasteiger partial charge on any atom is -0.348 e. The highest BCUT2D eigenvalue weighted by Gasteiger charge is 2.25. The molecule has 4 nitrogen and oxygen atoms in total. The Morgan fingerprint density at radius 2 is 2.12 bits per heavy atom. The molecule has 0 saturated carbocycles. The van der Waals surface area contributed by atoms with Gasteiger partial charge in [-0.2, -0.15) is 0 Å². The highest BCUT2D eigenvalue weighted by Crippen LogP contribution is 2.21. The Morgan fingerprint density at radius 3 is 2.75 bits per heavy atom. The van der Waals surface area contributed by atoms with E-state index < -0.39 is 5.85 Å². The van der Waals surface area contributed by atoms with Crippen LogP contribution in [0.2, 0.25) is 0 Å². The van der Waals surface area contributed by atoms with Gasteiger partial charge >= 0.3 is 0 Å². The van der Waals surface area contributed by atoms with Crippen LogP contribution in [-0.4, -0.2) is 25.0 Å². The van der Waals surface area contributed by atoms with Crippen LogP contribution in [0.5, 0.6) is 0 Å². The fourth-order valence-electron chi connectivity index (χ4n) is 1.65. The maximum atomic E-state index is 5.41. The maximum absolute atomic E-state index is 5.41. The van der Waals surface area contributed by atoms with Crippen LogP contribution in [0, 0.1) is 0 Å². The Balaban J connectivity index is 2.35. The third kappa shape index (κ3) is 1.98. The van der Waals surface area contributed by atoms with E-state index in [1.165, 1.54) is 0 Å². The molecule has 0 amide bonds. The Labute approximate surface area is 95.0 Å². The molecule has 1 unspecified atom stereocenters. The zero-order valence-corrected chi connectivity index (χ0v) is 9.40. The zero-order chi connectivity index (χ0) is 11.4. The van der Waals surface area contributed by atoms with Crippen LogP contribution in [-0.2, 0) is 4.74 Å².